The number of nitrogens with zero attached hydrogens (tertiary/aromatic N) is 2. The molecule has 2 heteroatoms. The van der Waals surface area contributed by atoms with Crippen molar-refractivity contribution in [1.29, 1.82) is 0 Å². The number of benzene rings is 6. The fraction of sp³-hybridized carbons (Fsp3) is 0.0769. The van der Waals surface area contributed by atoms with E-state index < -0.39 is 0 Å². The highest BCUT2D eigenvalue weighted by Crippen LogP contribution is 2.59. The minimum absolute atomic E-state index is 0.127. The van der Waals surface area contributed by atoms with Gasteiger partial charge in [-0.2, -0.15) is 0 Å². The van der Waals surface area contributed by atoms with Crippen LogP contribution in [0.2, 0.25) is 0 Å². The molecule has 2 aliphatic rings. The zero-order valence-corrected chi connectivity index (χ0v) is 23.1. The highest BCUT2D eigenvalue weighted by molar-refractivity contribution is 6.18. The molecule has 1 aromatic heterocycles. The summed E-state index contributed by atoms with van der Waals surface area (Å²) in [6.07, 6.45) is 0. The summed E-state index contributed by atoms with van der Waals surface area (Å²) in [6, 6.07) is 49.0. The SMILES string of the molecule is CC1(C)c2cc(-c3ccccc3)ccc2-c2c1ccc1c2N(c2ccccc2)c2cccc3c4ccccc4n-1c23. The molecule has 7 aromatic rings. The highest BCUT2D eigenvalue weighted by atomic mass is 15.2. The number of hydrogen-bond donors (Lipinski definition) is 0. The van der Waals surface area contributed by atoms with Gasteiger partial charge in [-0.05, 0) is 64.2 Å². The van der Waals surface area contributed by atoms with Gasteiger partial charge in [0.1, 0.15) is 0 Å². The summed E-state index contributed by atoms with van der Waals surface area (Å²) in [5, 5.41) is 2.58. The van der Waals surface area contributed by atoms with Crippen molar-refractivity contribution in [3.8, 4) is 27.9 Å². The van der Waals surface area contributed by atoms with Crippen LogP contribution in [0, 0.1) is 0 Å². The van der Waals surface area contributed by atoms with E-state index in [1.807, 2.05) is 0 Å². The number of para-hydroxylation sites is 3. The molecule has 0 bridgehead atoms. The van der Waals surface area contributed by atoms with Crippen molar-refractivity contribution in [2.24, 2.45) is 0 Å². The first-order valence-corrected chi connectivity index (χ1v) is 14.4. The molecule has 0 N–H and O–H groups in total. The standard InChI is InChI=1S/C39H28N2/c1-39(2)31-22-23-35-38(36(31)30-21-20-26(24-32(30)39)25-12-5-3-6-13-25)40(27-14-7-4-8-15-27)34-19-11-17-29-28-16-9-10-18-33(28)41(35)37(29)34/h3-24H,1-2H3. The summed E-state index contributed by atoms with van der Waals surface area (Å²) in [6.45, 7) is 4.76. The van der Waals surface area contributed by atoms with Crippen molar-refractivity contribution >= 4 is 38.9 Å². The first kappa shape index (κ1) is 22.7. The van der Waals surface area contributed by atoms with E-state index in [0.717, 1.165) is 0 Å². The zero-order chi connectivity index (χ0) is 27.3. The number of hydrogen-bond acceptors (Lipinski definition) is 1. The Labute approximate surface area is 239 Å². The van der Waals surface area contributed by atoms with Gasteiger partial charge in [0.15, 0.2) is 0 Å². The van der Waals surface area contributed by atoms with Crippen LogP contribution in [0.5, 0.6) is 0 Å². The second-order valence-corrected chi connectivity index (χ2v) is 11.8. The lowest BCUT2D eigenvalue weighted by molar-refractivity contribution is 0.660. The van der Waals surface area contributed by atoms with Crippen LogP contribution in [-0.4, -0.2) is 4.57 Å². The Bertz CT molecular complexity index is 2170. The lowest BCUT2D eigenvalue weighted by Crippen LogP contribution is -2.20. The molecular formula is C39H28N2. The van der Waals surface area contributed by atoms with Gasteiger partial charge in [-0.15, -0.1) is 0 Å². The zero-order valence-electron chi connectivity index (χ0n) is 23.1. The molecule has 1 aliphatic carbocycles. The Morgan fingerprint density at radius 1 is 0.537 bits per heavy atom. The molecule has 1 aliphatic heterocycles. The van der Waals surface area contributed by atoms with Gasteiger partial charge in [-0.1, -0.05) is 111 Å². The Kier molecular flexibility index (Phi) is 4.42. The third-order valence-corrected chi connectivity index (χ3v) is 9.29. The molecule has 2 nitrogen and oxygen atoms in total. The first-order chi connectivity index (χ1) is 20.1. The molecule has 0 unspecified atom stereocenters. The van der Waals surface area contributed by atoms with Gasteiger partial charge in [-0.3, -0.25) is 0 Å². The van der Waals surface area contributed by atoms with E-state index in [0.29, 0.717) is 0 Å². The molecule has 0 saturated heterocycles. The molecule has 0 saturated carbocycles. The molecule has 194 valence electrons. The first-order valence-electron chi connectivity index (χ1n) is 14.4. The summed E-state index contributed by atoms with van der Waals surface area (Å²) in [7, 11) is 0. The molecule has 0 fully saturated rings. The summed E-state index contributed by atoms with van der Waals surface area (Å²) in [5.41, 5.74) is 15.2. The Balaban J connectivity index is 1.42. The lowest BCUT2D eigenvalue weighted by atomic mass is 9.81. The second-order valence-electron chi connectivity index (χ2n) is 11.8. The Morgan fingerprint density at radius 2 is 1.27 bits per heavy atom. The third kappa shape index (κ3) is 2.92. The molecule has 0 spiro atoms. The van der Waals surface area contributed by atoms with Crippen LogP contribution in [0.4, 0.5) is 17.1 Å². The predicted octanol–water partition coefficient (Wildman–Crippen LogP) is 10.5. The van der Waals surface area contributed by atoms with Gasteiger partial charge in [0.2, 0.25) is 0 Å². The summed E-state index contributed by atoms with van der Waals surface area (Å²) in [4.78, 5) is 2.51. The van der Waals surface area contributed by atoms with E-state index in [1.54, 1.807) is 0 Å². The van der Waals surface area contributed by atoms with Crippen molar-refractivity contribution in [3.63, 3.8) is 0 Å². The van der Waals surface area contributed by atoms with Gasteiger partial charge in [-0.25, -0.2) is 0 Å². The normalized spacial score (nSPS) is 14.2. The summed E-state index contributed by atoms with van der Waals surface area (Å²) >= 11 is 0. The smallest absolute Gasteiger partial charge is 0.0785 e. The number of fused-ring (bicyclic) bond motifs is 9. The average molecular weight is 525 g/mol. The average Bonchev–Trinajstić information content (AvgIpc) is 3.48. The molecule has 41 heavy (non-hydrogen) atoms. The van der Waals surface area contributed by atoms with Crippen LogP contribution in [0.1, 0.15) is 25.0 Å². The largest absolute Gasteiger partial charge is 0.306 e. The van der Waals surface area contributed by atoms with Gasteiger partial charge in [0.05, 0.1) is 28.1 Å². The van der Waals surface area contributed by atoms with Crippen molar-refractivity contribution in [2.75, 3.05) is 4.90 Å². The van der Waals surface area contributed by atoms with Crippen LogP contribution in [0.15, 0.2) is 133 Å². The van der Waals surface area contributed by atoms with Gasteiger partial charge >= 0.3 is 0 Å². The molecule has 2 heterocycles. The number of anilines is 3. The van der Waals surface area contributed by atoms with E-state index in [4.69, 9.17) is 0 Å². The molecule has 0 atom stereocenters. The van der Waals surface area contributed by atoms with Crippen molar-refractivity contribution in [3.05, 3.63) is 145 Å². The maximum absolute atomic E-state index is 2.51. The van der Waals surface area contributed by atoms with E-state index in [-0.39, 0.29) is 5.41 Å². The second kappa shape index (κ2) is 7.99. The lowest BCUT2D eigenvalue weighted by Gasteiger charge is -2.35. The predicted molar refractivity (Wildman–Crippen MR) is 172 cm³/mol. The topological polar surface area (TPSA) is 8.17 Å². The molecule has 9 rings (SSSR count). The molecule has 6 aromatic carbocycles. The van der Waals surface area contributed by atoms with Crippen LogP contribution in [0.25, 0.3) is 49.7 Å². The maximum Gasteiger partial charge on any atom is 0.0785 e. The summed E-state index contributed by atoms with van der Waals surface area (Å²) in [5.74, 6) is 0. The Hall–Kier alpha value is -5.08. The minimum Gasteiger partial charge on any atom is -0.306 e. The van der Waals surface area contributed by atoms with Crippen molar-refractivity contribution < 1.29 is 0 Å². The van der Waals surface area contributed by atoms with Crippen molar-refractivity contribution in [2.45, 2.75) is 19.3 Å². The van der Waals surface area contributed by atoms with Crippen LogP contribution < -0.4 is 4.90 Å². The quantitative estimate of drug-likeness (QED) is 0.218. The van der Waals surface area contributed by atoms with E-state index in [2.05, 4.69) is 157 Å². The third-order valence-electron chi connectivity index (χ3n) is 9.29. The molecule has 0 amide bonds. The summed E-state index contributed by atoms with van der Waals surface area (Å²) < 4.78 is 2.50. The van der Waals surface area contributed by atoms with Gasteiger partial charge < -0.3 is 9.47 Å². The van der Waals surface area contributed by atoms with Crippen LogP contribution in [-0.2, 0) is 5.41 Å². The van der Waals surface area contributed by atoms with E-state index in [1.165, 1.54) is 77.9 Å². The molecular weight excluding hydrogens is 496 g/mol. The fourth-order valence-electron chi connectivity index (χ4n) is 7.41. The number of rotatable bonds is 2. The van der Waals surface area contributed by atoms with Crippen LogP contribution >= 0.6 is 0 Å². The van der Waals surface area contributed by atoms with Crippen LogP contribution in [0.3, 0.4) is 0 Å². The number of aromatic nitrogens is 1. The highest BCUT2D eigenvalue weighted by Gasteiger charge is 2.41. The van der Waals surface area contributed by atoms with Gasteiger partial charge in [0, 0.05) is 27.4 Å². The molecule has 0 radical (unpaired) electrons. The maximum atomic E-state index is 2.51. The fourth-order valence-corrected chi connectivity index (χ4v) is 7.41. The monoisotopic (exact) mass is 524 g/mol. The van der Waals surface area contributed by atoms with E-state index in [9.17, 15) is 0 Å². The Morgan fingerprint density at radius 3 is 2.10 bits per heavy atom. The van der Waals surface area contributed by atoms with E-state index >= 15 is 0 Å². The van der Waals surface area contributed by atoms with Gasteiger partial charge in [0.25, 0.3) is 0 Å². The van der Waals surface area contributed by atoms with Crippen molar-refractivity contribution in [1.82, 2.24) is 4.57 Å². The minimum atomic E-state index is -0.127.